The van der Waals surface area contributed by atoms with E-state index in [2.05, 4.69) is 36.1 Å². The van der Waals surface area contributed by atoms with Crippen LogP contribution >= 0.6 is 0 Å². The van der Waals surface area contributed by atoms with E-state index in [9.17, 15) is 4.79 Å². The first-order chi connectivity index (χ1) is 13.0. The summed E-state index contributed by atoms with van der Waals surface area (Å²) < 4.78 is 5.01. The van der Waals surface area contributed by atoms with Gasteiger partial charge in [-0.3, -0.25) is 4.79 Å². The largest absolute Gasteiger partial charge is 0.368 e. The van der Waals surface area contributed by atoms with Crippen LogP contribution in [0.3, 0.4) is 0 Å². The molecule has 0 spiro atoms. The molecule has 0 unspecified atom stereocenters. The third-order valence-corrected chi connectivity index (χ3v) is 3.82. The van der Waals surface area contributed by atoms with Crippen LogP contribution in [-0.2, 0) is 0 Å². The number of nitrogens with one attached hydrogen (secondary N) is 3. The van der Waals surface area contributed by atoms with E-state index in [0.717, 1.165) is 5.56 Å². The lowest BCUT2D eigenvalue weighted by Gasteiger charge is -2.09. The average molecular weight is 367 g/mol. The standard InChI is InChI=1S/C18H21N7O2/c1-11-4-5-19-15(8-11)24-16-9-14(22-10-23-16)20-6-7-21-18(26)17-12(2)25-27-13(17)3/h4-5,8-10H,6-7H2,1-3H3,(H,21,26)(H2,19,20,22,23,24). The lowest BCUT2D eigenvalue weighted by molar-refractivity contribution is 0.0953. The van der Waals surface area contributed by atoms with E-state index in [1.54, 1.807) is 26.1 Å². The topological polar surface area (TPSA) is 118 Å². The molecule has 3 aromatic heterocycles. The molecule has 27 heavy (non-hydrogen) atoms. The summed E-state index contributed by atoms with van der Waals surface area (Å²) in [5.41, 5.74) is 2.16. The molecule has 0 radical (unpaired) electrons. The molecule has 0 aliphatic rings. The molecule has 0 bridgehead atoms. The summed E-state index contributed by atoms with van der Waals surface area (Å²) in [4.78, 5) is 24.8. The van der Waals surface area contributed by atoms with Crippen molar-refractivity contribution in [1.29, 1.82) is 0 Å². The van der Waals surface area contributed by atoms with Gasteiger partial charge in [-0.15, -0.1) is 0 Å². The van der Waals surface area contributed by atoms with E-state index in [4.69, 9.17) is 4.52 Å². The number of aryl methyl sites for hydroxylation is 3. The molecule has 0 saturated carbocycles. The van der Waals surface area contributed by atoms with E-state index in [1.807, 2.05) is 19.1 Å². The molecule has 1 amide bonds. The Morgan fingerprint density at radius 3 is 2.56 bits per heavy atom. The van der Waals surface area contributed by atoms with Crippen molar-refractivity contribution in [3.05, 3.63) is 53.3 Å². The highest BCUT2D eigenvalue weighted by Crippen LogP contribution is 2.15. The minimum atomic E-state index is -0.205. The van der Waals surface area contributed by atoms with Gasteiger partial charge >= 0.3 is 0 Å². The third kappa shape index (κ3) is 4.78. The van der Waals surface area contributed by atoms with Crippen LogP contribution in [0.4, 0.5) is 17.5 Å². The summed E-state index contributed by atoms with van der Waals surface area (Å²) in [6, 6.07) is 5.63. The number of amides is 1. The molecule has 3 N–H and O–H groups in total. The zero-order valence-electron chi connectivity index (χ0n) is 15.4. The number of carbonyl (C=O) groups excluding carboxylic acids is 1. The number of carbonyl (C=O) groups is 1. The van der Waals surface area contributed by atoms with Crippen molar-refractivity contribution in [2.24, 2.45) is 0 Å². The lowest BCUT2D eigenvalue weighted by Crippen LogP contribution is -2.29. The molecule has 0 aromatic carbocycles. The molecule has 3 rings (SSSR count). The quantitative estimate of drug-likeness (QED) is 0.545. The summed E-state index contributed by atoms with van der Waals surface area (Å²) in [6.45, 7) is 6.38. The van der Waals surface area contributed by atoms with Gasteiger partial charge in [-0.1, -0.05) is 5.16 Å². The number of anilines is 3. The first-order valence-electron chi connectivity index (χ1n) is 8.49. The maximum atomic E-state index is 12.2. The maximum Gasteiger partial charge on any atom is 0.256 e. The number of pyridine rings is 1. The average Bonchev–Trinajstić information content (AvgIpc) is 2.97. The van der Waals surface area contributed by atoms with Crippen molar-refractivity contribution in [1.82, 2.24) is 25.4 Å². The summed E-state index contributed by atoms with van der Waals surface area (Å²) in [7, 11) is 0. The van der Waals surface area contributed by atoms with Gasteiger partial charge in [-0.2, -0.15) is 0 Å². The highest BCUT2D eigenvalue weighted by Gasteiger charge is 2.16. The molecular formula is C18H21N7O2. The predicted molar refractivity (Wildman–Crippen MR) is 101 cm³/mol. The SMILES string of the molecule is Cc1ccnc(Nc2cc(NCCNC(=O)c3c(C)noc3C)ncn2)c1. The second-order valence-electron chi connectivity index (χ2n) is 6.01. The fourth-order valence-corrected chi connectivity index (χ4v) is 2.52. The van der Waals surface area contributed by atoms with Gasteiger partial charge in [0.1, 0.15) is 35.1 Å². The van der Waals surface area contributed by atoms with Crippen molar-refractivity contribution < 1.29 is 9.32 Å². The van der Waals surface area contributed by atoms with Crippen LogP contribution in [0.25, 0.3) is 0 Å². The first-order valence-corrected chi connectivity index (χ1v) is 8.49. The Kier molecular flexibility index (Phi) is 5.60. The molecular weight excluding hydrogens is 346 g/mol. The number of hydrogen-bond donors (Lipinski definition) is 3. The molecule has 9 nitrogen and oxygen atoms in total. The fraction of sp³-hybridized carbons (Fsp3) is 0.278. The normalized spacial score (nSPS) is 10.5. The third-order valence-electron chi connectivity index (χ3n) is 3.82. The molecule has 0 atom stereocenters. The van der Waals surface area contributed by atoms with E-state index >= 15 is 0 Å². The lowest BCUT2D eigenvalue weighted by atomic mass is 10.2. The number of hydrogen-bond acceptors (Lipinski definition) is 8. The van der Waals surface area contributed by atoms with Gasteiger partial charge in [0.05, 0.1) is 5.69 Å². The Morgan fingerprint density at radius 1 is 1.04 bits per heavy atom. The Balaban J connectivity index is 1.51. The molecule has 0 aliphatic carbocycles. The molecule has 140 valence electrons. The smallest absolute Gasteiger partial charge is 0.256 e. The predicted octanol–water partition coefficient (Wildman–Crippen LogP) is 2.37. The van der Waals surface area contributed by atoms with Crippen molar-refractivity contribution in [3.8, 4) is 0 Å². The second-order valence-corrected chi connectivity index (χ2v) is 6.01. The van der Waals surface area contributed by atoms with Crippen molar-refractivity contribution >= 4 is 23.4 Å². The van der Waals surface area contributed by atoms with Gasteiger partial charge in [0.25, 0.3) is 5.91 Å². The van der Waals surface area contributed by atoms with Crippen LogP contribution in [0.1, 0.15) is 27.4 Å². The van der Waals surface area contributed by atoms with Crippen LogP contribution in [0, 0.1) is 20.8 Å². The van der Waals surface area contributed by atoms with Crippen LogP contribution in [-0.4, -0.2) is 39.1 Å². The minimum Gasteiger partial charge on any atom is -0.368 e. The van der Waals surface area contributed by atoms with Crippen molar-refractivity contribution in [3.63, 3.8) is 0 Å². The van der Waals surface area contributed by atoms with E-state index < -0.39 is 0 Å². The number of nitrogens with zero attached hydrogens (tertiary/aromatic N) is 4. The van der Waals surface area contributed by atoms with Crippen molar-refractivity contribution in [2.75, 3.05) is 23.7 Å². The van der Waals surface area contributed by atoms with E-state index in [-0.39, 0.29) is 5.91 Å². The number of aromatic nitrogens is 4. The van der Waals surface area contributed by atoms with Gasteiger partial charge in [-0.25, -0.2) is 15.0 Å². The van der Waals surface area contributed by atoms with E-state index in [0.29, 0.717) is 47.6 Å². The van der Waals surface area contributed by atoms with Crippen LogP contribution in [0.2, 0.25) is 0 Å². The van der Waals surface area contributed by atoms with Crippen LogP contribution in [0.15, 0.2) is 35.2 Å². The zero-order chi connectivity index (χ0) is 19.2. The Hall–Kier alpha value is -3.49. The summed E-state index contributed by atoms with van der Waals surface area (Å²) in [5.74, 6) is 2.29. The molecule has 3 aromatic rings. The molecule has 0 aliphatic heterocycles. The Labute approximate surface area is 156 Å². The van der Waals surface area contributed by atoms with Crippen LogP contribution < -0.4 is 16.0 Å². The van der Waals surface area contributed by atoms with Gasteiger partial charge in [0.15, 0.2) is 0 Å². The highest BCUT2D eigenvalue weighted by molar-refractivity contribution is 5.96. The van der Waals surface area contributed by atoms with Gasteiger partial charge in [0.2, 0.25) is 0 Å². The number of rotatable bonds is 7. The van der Waals surface area contributed by atoms with E-state index in [1.165, 1.54) is 6.33 Å². The summed E-state index contributed by atoms with van der Waals surface area (Å²) in [6.07, 6.45) is 3.20. The molecule has 9 heteroatoms. The summed E-state index contributed by atoms with van der Waals surface area (Å²) in [5, 5.41) is 12.9. The zero-order valence-corrected chi connectivity index (χ0v) is 15.4. The Morgan fingerprint density at radius 2 is 1.81 bits per heavy atom. The molecule has 0 saturated heterocycles. The fourth-order valence-electron chi connectivity index (χ4n) is 2.52. The second kappa shape index (κ2) is 8.26. The molecule has 3 heterocycles. The van der Waals surface area contributed by atoms with Crippen molar-refractivity contribution in [2.45, 2.75) is 20.8 Å². The minimum absolute atomic E-state index is 0.205. The summed E-state index contributed by atoms with van der Waals surface area (Å²) >= 11 is 0. The van der Waals surface area contributed by atoms with Gasteiger partial charge in [-0.05, 0) is 38.5 Å². The molecule has 0 fully saturated rings. The Bertz CT molecular complexity index is 919. The van der Waals surface area contributed by atoms with Gasteiger partial charge < -0.3 is 20.5 Å². The highest BCUT2D eigenvalue weighted by atomic mass is 16.5. The maximum absolute atomic E-state index is 12.2. The monoisotopic (exact) mass is 367 g/mol. The first kappa shape index (κ1) is 18.3. The van der Waals surface area contributed by atoms with Crippen LogP contribution in [0.5, 0.6) is 0 Å². The van der Waals surface area contributed by atoms with Gasteiger partial charge in [0, 0.05) is 25.4 Å².